The lowest BCUT2D eigenvalue weighted by Crippen LogP contribution is -2.01. The summed E-state index contributed by atoms with van der Waals surface area (Å²) < 4.78 is 34.5. The fourth-order valence-electron chi connectivity index (χ4n) is 1.83. The first-order valence-corrected chi connectivity index (χ1v) is 10.7. The van der Waals surface area contributed by atoms with Gasteiger partial charge in [-0.15, -0.1) is 0 Å². The molecule has 1 unspecified atom stereocenters. The second kappa shape index (κ2) is 12.8. The molecule has 0 saturated heterocycles. The lowest BCUT2D eigenvalue weighted by Gasteiger charge is -2.12. The number of esters is 1. The molecule has 0 aliphatic carbocycles. The minimum atomic E-state index is -5.05. The molecule has 0 aromatic carbocycles. The largest absolute Gasteiger partial charge is 0.481 e. The summed E-state index contributed by atoms with van der Waals surface area (Å²) >= 11 is 0. The van der Waals surface area contributed by atoms with Crippen LogP contribution in [0.5, 0.6) is 0 Å². The molecule has 9 nitrogen and oxygen atoms in total. The molecule has 0 aliphatic rings. The lowest BCUT2D eigenvalue weighted by atomic mass is 10.1. The van der Waals surface area contributed by atoms with Crippen LogP contribution in [-0.2, 0) is 27.5 Å². The van der Waals surface area contributed by atoms with Gasteiger partial charge in [0.2, 0.25) is 0 Å². The van der Waals surface area contributed by atoms with Crippen molar-refractivity contribution >= 4 is 21.6 Å². The van der Waals surface area contributed by atoms with Gasteiger partial charge in [-0.05, 0) is 12.8 Å². The summed E-state index contributed by atoms with van der Waals surface area (Å²) in [7, 11) is -9.75. The van der Waals surface area contributed by atoms with Crippen molar-refractivity contribution in [2.24, 2.45) is 0 Å². The van der Waals surface area contributed by atoms with Gasteiger partial charge in [-0.25, -0.2) is 13.9 Å². The molecule has 0 aromatic rings. The first-order valence-electron chi connectivity index (χ1n) is 7.70. The van der Waals surface area contributed by atoms with Crippen LogP contribution in [0.2, 0.25) is 0 Å². The van der Waals surface area contributed by atoms with Gasteiger partial charge in [0, 0.05) is 6.08 Å². The van der Waals surface area contributed by atoms with Crippen molar-refractivity contribution in [3.05, 3.63) is 12.7 Å². The number of phosphoric ester groups is 1. The third kappa shape index (κ3) is 16.3. The number of rotatable bonds is 15. The fraction of sp³-hybridized carbons (Fsp3) is 0.769. The molecule has 0 amide bonds. The first-order chi connectivity index (χ1) is 11.2. The number of hydrogen-bond donors (Lipinski definition) is 3. The van der Waals surface area contributed by atoms with Crippen LogP contribution in [0.1, 0.15) is 51.4 Å². The number of carbonyl (C=O) groups excluding carboxylic acids is 1. The van der Waals surface area contributed by atoms with Gasteiger partial charge in [0.15, 0.2) is 0 Å². The average molecular weight is 388 g/mol. The summed E-state index contributed by atoms with van der Waals surface area (Å²) in [4.78, 5) is 36.6. The van der Waals surface area contributed by atoms with Gasteiger partial charge >= 0.3 is 21.6 Å². The number of phosphoric acid groups is 2. The average Bonchev–Trinajstić information content (AvgIpc) is 2.45. The zero-order chi connectivity index (χ0) is 18.5. The monoisotopic (exact) mass is 388 g/mol. The molecule has 0 spiro atoms. The summed E-state index contributed by atoms with van der Waals surface area (Å²) in [6.07, 6.45) is 8.18. The van der Waals surface area contributed by atoms with Crippen molar-refractivity contribution in [2.45, 2.75) is 51.4 Å². The quantitative estimate of drug-likeness (QED) is 0.167. The Labute approximate surface area is 141 Å². The SMILES string of the molecule is C=CC(=O)OCCCCCCCCCCOP(=O)(O)OP(=O)(O)O. The number of unbranched alkanes of at least 4 members (excludes halogenated alkanes) is 7. The second-order valence-electron chi connectivity index (χ2n) is 5.07. The molecule has 3 N–H and O–H groups in total. The van der Waals surface area contributed by atoms with E-state index in [1.54, 1.807) is 0 Å². The standard InChI is InChI=1S/C13H26O9P2/c1-2-13(14)20-11-9-7-5-3-4-6-8-10-12-21-24(18,19)22-23(15,16)17/h2H,1,3-12H2,(H,18,19)(H2,15,16,17). The summed E-state index contributed by atoms with van der Waals surface area (Å²) in [6.45, 7) is 3.60. The normalized spacial score (nSPS) is 14.1. The van der Waals surface area contributed by atoms with Gasteiger partial charge in [0.1, 0.15) is 0 Å². The number of hydrogen-bond acceptors (Lipinski definition) is 6. The highest BCUT2D eigenvalue weighted by Crippen LogP contribution is 2.57. The van der Waals surface area contributed by atoms with Crippen molar-refractivity contribution in [3.8, 4) is 0 Å². The summed E-state index contributed by atoms with van der Waals surface area (Å²) in [5, 5.41) is 0. The molecule has 0 bridgehead atoms. The Hall–Kier alpha value is -0.530. The molecule has 0 rings (SSSR count). The molecule has 24 heavy (non-hydrogen) atoms. The van der Waals surface area contributed by atoms with Gasteiger partial charge < -0.3 is 19.4 Å². The topological polar surface area (TPSA) is 140 Å². The third-order valence-corrected chi connectivity index (χ3v) is 5.10. The van der Waals surface area contributed by atoms with Crippen molar-refractivity contribution in [2.75, 3.05) is 13.2 Å². The fourth-order valence-corrected chi connectivity index (χ4v) is 3.46. The molecule has 142 valence electrons. The molecular formula is C13H26O9P2. The molecular weight excluding hydrogens is 362 g/mol. The number of carbonyl (C=O) groups is 1. The zero-order valence-electron chi connectivity index (χ0n) is 13.5. The van der Waals surface area contributed by atoms with Gasteiger partial charge in [0.05, 0.1) is 13.2 Å². The van der Waals surface area contributed by atoms with Gasteiger partial charge in [-0.3, -0.25) is 4.52 Å². The van der Waals surface area contributed by atoms with Crippen molar-refractivity contribution < 1.29 is 42.2 Å². The Morgan fingerprint density at radius 2 is 1.33 bits per heavy atom. The van der Waals surface area contributed by atoms with E-state index in [9.17, 15) is 13.9 Å². The van der Waals surface area contributed by atoms with E-state index in [-0.39, 0.29) is 6.61 Å². The summed E-state index contributed by atoms with van der Waals surface area (Å²) in [5.41, 5.74) is 0. The Kier molecular flexibility index (Phi) is 12.5. The maximum absolute atomic E-state index is 11.1. The summed E-state index contributed by atoms with van der Waals surface area (Å²) in [5.74, 6) is -0.407. The predicted octanol–water partition coefficient (Wildman–Crippen LogP) is 3.06. The van der Waals surface area contributed by atoms with Crippen LogP contribution in [0.25, 0.3) is 0 Å². The maximum atomic E-state index is 11.1. The molecule has 0 saturated carbocycles. The second-order valence-corrected chi connectivity index (χ2v) is 7.90. The minimum absolute atomic E-state index is 0.109. The molecule has 0 radical (unpaired) electrons. The van der Waals surface area contributed by atoms with E-state index < -0.39 is 21.6 Å². The van der Waals surface area contributed by atoms with Crippen LogP contribution in [0.3, 0.4) is 0 Å². The van der Waals surface area contributed by atoms with Gasteiger partial charge in [-0.1, -0.05) is 45.1 Å². The van der Waals surface area contributed by atoms with E-state index >= 15 is 0 Å². The lowest BCUT2D eigenvalue weighted by molar-refractivity contribution is -0.137. The van der Waals surface area contributed by atoms with Gasteiger partial charge in [-0.2, -0.15) is 4.31 Å². The highest BCUT2D eigenvalue weighted by Gasteiger charge is 2.31. The Morgan fingerprint density at radius 3 is 1.79 bits per heavy atom. The Morgan fingerprint density at radius 1 is 0.875 bits per heavy atom. The van der Waals surface area contributed by atoms with Crippen LogP contribution in [-0.4, -0.2) is 33.9 Å². The summed E-state index contributed by atoms with van der Waals surface area (Å²) in [6, 6.07) is 0. The van der Waals surface area contributed by atoms with Crippen molar-refractivity contribution in [1.29, 1.82) is 0 Å². The van der Waals surface area contributed by atoms with Crippen LogP contribution < -0.4 is 0 Å². The van der Waals surface area contributed by atoms with E-state index in [1.807, 2.05) is 0 Å². The van der Waals surface area contributed by atoms with Crippen LogP contribution >= 0.6 is 15.6 Å². The molecule has 1 atom stereocenters. The predicted molar refractivity (Wildman–Crippen MR) is 87.0 cm³/mol. The Bertz CT molecular complexity index is 460. The van der Waals surface area contributed by atoms with Crippen LogP contribution in [0.15, 0.2) is 12.7 Å². The first kappa shape index (κ1) is 23.5. The van der Waals surface area contributed by atoms with E-state index in [4.69, 9.17) is 19.4 Å². The molecule has 0 fully saturated rings. The van der Waals surface area contributed by atoms with Gasteiger partial charge in [0.25, 0.3) is 0 Å². The third-order valence-electron chi connectivity index (χ3n) is 2.91. The molecule has 11 heteroatoms. The molecule has 0 aliphatic heterocycles. The molecule has 0 aromatic heterocycles. The van der Waals surface area contributed by atoms with E-state index in [0.717, 1.165) is 51.0 Å². The maximum Gasteiger partial charge on any atom is 0.481 e. The minimum Gasteiger partial charge on any atom is -0.463 e. The molecule has 0 heterocycles. The van der Waals surface area contributed by atoms with Crippen LogP contribution in [0, 0.1) is 0 Å². The smallest absolute Gasteiger partial charge is 0.463 e. The highest BCUT2D eigenvalue weighted by molar-refractivity contribution is 7.60. The van der Waals surface area contributed by atoms with E-state index in [1.165, 1.54) is 0 Å². The van der Waals surface area contributed by atoms with Crippen molar-refractivity contribution in [1.82, 2.24) is 0 Å². The van der Waals surface area contributed by atoms with E-state index in [2.05, 4.69) is 15.4 Å². The highest BCUT2D eigenvalue weighted by atomic mass is 31.3. The van der Waals surface area contributed by atoms with Crippen molar-refractivity contribution in [3.63, 3.8) is 0 Å². The Balaban J connectivity index is 3.40. The number of ether oxygens (including phenoxy) is 1. The van der Waals surface area contributed by atoms with E-state index in [0.29, 0.717) is 13.0 Å². The van der Waals surface area contributed by atoms with Crippen LogP contribution in [0.4, 0.5) is 0 Å². The zero-order valence-corrected chi connectivity index (χ0v) is 15.3.